The molecule has 148 valence electrons. The lowest BCUT2D eigenvalue weighted by Gasteiger charge is -2.10. The summed E-state index contributed by atoms with van der Waals surface area (Å²) < 4.78 is 10.5. The number of methoxy groups -OCH3 is 1. The summed E-state index contributed by atoms with van der Waals surface area (Å²) >= 11 is 3.21. The average Bonchev–Trinajstić information content (AvgIpc) is 2.64. The Morgan fingerprint density at radius 1 is 1.25 bits per heavy atom. The number of benzene rings is 1. The second-order valence-corrected chi connectivity index (χ2v) is 6.58. The van der Waals surface area contributed by atoms with E-state index in [2.05, 4.69) is 31.4 Å². The molecule has 2 aromatic rings. The van der Waals surface area contributed by atoms with Crippen LogP contribution in [0.25, 0.3) is 0 Å². The van der Waals surface area contributed by atoms with Gasteiger partial charge in [0.15, 0.2) is 11.5 Å². The number of aryl methyl sites for hydroxylation is 2. The third kappa shape index (κ3) is 4.86. The fourth-order valence-corrected chi connectivity index (χ4v) is 2.88. The monoisotopic (exact) mass is 449 g/mol. The number of hydrazone groups is 1. The number of esters is 1. The van der Waals surface area contributed by atoms with Crippen molar-refractivity contribution in [2.24, 2.45) is 5.10 Å². The number of carbonyl (C=O) groups excluding carboxylic acids is 2. The Hall–Kier alpha value is -2.94. The molecular formula is C19H20BrN3O5. The largest absolute Gasteiger partial charge is 0.503 e. The molecule has 0 saturated heterocycles. The minimum absolute atomic E-state index is 0.0310. The Labute approximate surface area is 170 Å². The Bertz CT molecular complexity index is 944. The van der Waals surface area contributed by atoms with E-state index in [1.807, 2.05) is 0 Å². The van der Waals surface area contributed by atoms with E-state index in [0.29, 0.717) is 21.4 Å². The summed E-state index contributed by atoms with van der Waals surface area (Å²) in [4.78, 5) is 28.7. The summed E-state index contributed by atoms with van der Waals surface area (Å²) in [7, 11) is 1.43. The molecule has 8 nitrogen and oxygen atoms in total. The lowest BCUT2D eigenvalue weighted by Crippen LogP contribution is -2.21. The molecule has 0 aliphatic heterocycles. The van der Waals surface area contributed by atoms with Crippen molar-refractivity contribution in [3.8, 4) is 11.5 Å². The van der Waals surface area contributed by atoms with Gasteiger partial charge in [0, 0.05) is 0 Å². The summed E-state index contributed by atoms with van der Waals surface area (Å²) in [6.45, 7) is 5.27. The number of rotatable bonds is 6. The summed E-state index contributed by atoms with van der Waals surface area (Å²) in [6.07, 6.45) is 1.40. The van der Waals surface area contributed by atoms with Crippen LogP contribution in [0.2, 0.25) is 0 Å². The van der Waals surface area contributed by atoms with Crippen LogP contribution < -0.4 is 10.2 Å². The molecule has 2 rings (SSSR count). The molecule has 0 unspecified atom stereocenters. The first-order valence-electron chi connectivity index (χ1n) is 8.33. The maximum absolute atomic E-state index is 12.5. The number of aromatic nitrogens is 1. The van der Waals surface area contributed by atoms with Crippen LogP contribution in [0, 0.1) is 13.8 Å². The predicted molar refractivity (Wildman–Crippen MR) is 107 cm³/mol. The molecular weight excluding hydrogens is 430 g/mol. The van der Waals surface area contributed by atoms with E-state index in [0.717, 1.165) is 0 Å². The lowest BCUT2D eigenvalue weighted by atomic mass is 10.1. The number of hydrogen-bond acceptors (Lipinski definition) is 7. The molecule has 9 heteroatoms. The van der Waals surface area contributed by atoms with Gasteiger partial charge in [-0.2, -0.15) is 5.10 Å². The molecule has 1 heterocycles. The molecule has 0 fully saturated rings. The van der Waals surface area contributed by atoms with E-state index >= 15 is 0 Å². The molecule has 0 spiro atoms. The zero-order chi connectivity index (χ0) is 20.8. The number of phenols is 1. The SMILES string of the molecule is CCOC(=O)c1cc(C(=O)N/N=C/c2cc(Br)c(O)c(OC)c2)c(C)nc1C. The van der Waals surface area contributed by atoms with Crippen molar-refractivity contribution in [2.75, 3.05) is 13.7 Å². The van der Waals surface area contributed by atoms with E-state index in [1.165, 1.54) is 19.4 Å². The standard InChI is InChI=1S/C19H20BrN3O5/c1-5-28-19(26)14-8-13(10(2)22-11(14)3)18(25)23-21-9-12-6-15(20)17(24)16(7-12)27-4/h6-9,24H,5H2,1-4H3,(H,23,25)/b21-9+. The highest BCUT2D eigenvalue weighted by molar-refractivity contribution is 9.10. The Kier molecular flexibility index (Phi) is 7.11. The van der Waals surface area contributed by atoms with E-state index in [4.69, 9.17) is 9.47 Å². The topological polar surface area (TPSA) is 110 Å². The molecule has 28 heavy (non-hydrogen) atoms. The number of phenolic OH excluding ortho intramolecular Hbond substituents is 1. The average molecular weight is 450 g/mol. The van der Waals surface area contributed by atoms with E-state index < -0.39 is 11.9 Å². The van der Waals surface area contributed by atoms with Gasteiger partial charge in [0.2, 0.25) is 0 Å². The highest BCUT2D eigenvalue weighted by Gasteiger charge is 2.18. The second kappa shape index (κ2) is 9.32. The fraction of sp³-hybridized carbons (Fsp3) is 0.263. The molecule has 0 aliphatic carbocycles. The van der Waals surface area contributed by atoms with Crippen LogP contribution in [0.15, 0.2) is 27.8 Å². The summed E-state index contributed by atoms with van der Waals surface area (Å²) in [5, 5.41) is 13.7. The number of halogens is 1. The van der Waals surface area contributed by atoms with Crippen molar-refractivity contribution < 1.29 is 24.2 Å². The van der Waals surface area contributed by atoms with Crippen LogP contribution in [0.4, 0.5) is 0 Å². The number of pyridine rings is 1. The van der Waals surface area contributed by atoms with Gasteiger partial charge in [-0.25, -0.2) is 10.2 Å². The van der Waals surface area contributed by atoms with Gasteiger partial charge in [-0.1, -0.05) is 0 Å². The predicted octanol–water partition coefficient (Wildman–Crippen LogP) is 3.12. The quantitative estimate of drug-likeness (QED) is 0.398. The van der Waals surface area contributed by atoms with Crippen molar-refractivity contribution in [2.45, 2.75) is 20.8 Å². The number of nitrogens with zero attached hydrogens (tertiary/aromatic N) is 2. The first-order chi connectivity index (χ1) is 13.3. The molecule has 0 aliphatic rings. The van der Waals surface area contributed by atoms with Crippen LogP contribution in [-0.2, 0) is 4.74 Å². The first-order valence-corrected chi connectivity index (χ1v) is 9.13. The Morgan fingerprint density at radius 3 is 2.57 bits per heavy atom. The maximum Gasteiger partial charge on any atom is 0.339 e. The second-order valence-electron chi connectivity index (χ2n) is 5.73. The fourth-order valence-electron chi connectivity index (χ4n) is 2.42. The molecule has 0 atom stereocenters. The minimum Gasteiger partial charge on any atom is -0.503 e. The van der Waals surface area contributed by atoms with Crippen LogP contribution in [0.5, 0.6) is 11.5 Å². The van der Waals surface area contributed by atoms with E-state index in [-0.39, 0.29) is 29.2 Å². The van der Waals surface area contributed by atoms with Gasteiger partial charge in [-0.05, 0) is 60.5 Å². The third-order valence-corrected chi connectivity index (χ3v) is 4.40. The highest BCUT2D eigenvalue weighted by Crippen LogP contribution is 2.34. The van der Waals surface area contributed by atoms with Crippen LogP contribution in [0.3, 0.4) is 0 Å². The third-order valence-electron chi connectivity index (χ3n) is 3.79. The maximum atomic E-state index is 12.5. The van der Waals surface area contributed by atoms with Crippen LogP contribution in [-0.4, -0.2) is 41.9 Å². The molecule has 1 aromatic heterocycles. The Morgan fingerprint density at radius 2 is 1.93 bits per heavy atom. The van der Waals surface area contributed by atoms with Crippen LogP contribution >= 0.6 is 15.9 Å². The van der Waals surface area contributed by atoms with Gasteiger partial charge >= 0.3 is 5.97 Å². The van der Waals surface area contributed by atoms with Gasteiger partial charge < -0.3 is 14.6 Å². The minimum atomic E-state index is -0.536. The number of hydrogen-bond donors (Lipinski definition) is 2. The zero-order valence-corrected chi connectivity index (χ0v) is 17.5. The van der Waals surface area contributed by atoms with Gasteiger partial charge in [-0.15, -0.1) is 0 Å². The first kappa shape index (κ1) is 21.4. The molecule has 1 amide bonds. The van der Waals surface area contributed by atoms with Crippen LogP contribution in [0.1, 0.15) is 44.6 Å². The normalized spacial score (nSPS) is 10.8. The Balaban J connectivity index is 2.21. The van der Waals surface area contributed by atoms with Gasteiger partial charge in [0.1, 0.15) is 0 Å². The smallest absolute Gasteiger partial charge is 0.339 e. The number of nitrogens with one attached hydrogen (secondary N) is 1. The van der Waals surface area contributed by atoms with Crippen molar-refractivity contribution in [1.82, 2.24) is 10.4 Å². The number of carbonyl (C=O) groups is 2. The summed E-state index contributed by atoms with van der Waals surface area (Å²) in [5.41, 5.74) is 4.38. The summed E-state index contributed by atoms with van der Waals surface area (Å²) in [6, 6.07) is 4.62. The van der Waals surface area contributed by atoms with Crippen molar-refractivity contribution in [3.05, 3.63) is 50.8 Å². The molecule has 0 radical (unpaired) electrons. The number of ether oxygens (including phenoxy) is 2. The van der Waals surface area contributed by atoms with Crippen molar-refractivity contribution >= 4 is 34.0 Å². The number of aromatic hydroxyl groups is 1. The van der Waals surface area contributed by atoms with Crippen molar-refractivity contribution in [1.29, 1.82) is 0 Å². The van der Waals surface area contributed by atoms with Gasteiger partial charge in [0.05, 0.1) is 46.9 Å². The van der Waals surface area contributed by atoms with Gasteiger partial charge in [0.25, 0.3) is 5.91 Å². The number of amides is 1. The van der Waals surface area contributed by atoms with Gasteiger partial charge in [-0.3, -0.25) is 9.78 Å². The molecule has 2 N–H and O–H groups in total. The molecule has 1 aromatic carbocycles. The lowest BCUT2D eigenvalue weighted by molar-refractivity contribution is 0.0525. The molecule has 0 saturated carbocycles. The van der Waals surface area contributed by atoms with E-state index in [1.54, 1.807) is 32.9 Å². The summed E-state index contributed by atoms with van der Waals surface area (Å²) in [5.74, 6) is -0.820. The van der Waals surface area contributed by atoms with E-state index in [9.17, 15) is 14.7 Å². The highest BCUT2D eigenvalue weighted by atomic mass is 79.9. The van der Waals surface area contributed by atoms with Crippen molar-refractivity contribution in [3.63, 3.8) is 0 Å². The molecule has 0 bridgehead atoms. The zero-order valence-electron chi connectivity index (χ0n) is 15.9.